The molecule has 8 heteroatoms. The number of piperidine rings is 1. The van der Waals surface area contributed by atoms with Gasteiger partial charge in [0.05, 0.1) is 6.04 Å². The first kappa shape index (κ1) is 19.1. The van der Waals surface area contributed by atoms with Gasteiger partial charge < -0.3 is 4.90 Å². The highest BCUT2D eigenvalue weighted by molar-refractivity contribution is 7.89. The molecule has 0 spiro atoms. The summed E-state index contributed by atoms with van der Waals surface area (Å²) in [5, 5.41) is 3.81. The molecule has 2 aromatic rings. The summed E-state index contributed by atoms with van der Waals surface area (Å²) in [7, 11) is -3.61. The number of carbonyl (C=O) groups is 1. The Morgan fingerprint density at radius 3 is 2.59 bits per heavy atom. The monoisotopic (exact) mass is 424 g/mol. The molecule has 1 unspecified atom stereocenters. The lowest BCUT2D eigenvalue weighted by Gasteiger charge is -2.35. The summed E-state index contributed by atoms with van der Waals surface area (Å²) >= 11 is 2.99. The number of thiophene rings is 2. The van der Waals surface area contributed by atoms with Crippen LogP contribution in [0.4, 0.5) is 0 Å². The first-order chi connectivity index (χ1) is 13.0. The van der Waals surface area contributed by atoms with E-state index >= 15 is 0 Å². The first-order valence-corrected chi connectivity index (χ1v) is 12.7. The van der Waals surface area contributed by atoms with Gasteiger partial charge in [-0.05, 0) is 54.1 Å². The Hall–Kier alpha value is -1.22. The van der Waals surface area contributed by atoms with Gasteiger partial charge >= 0.3 is 0 Å². The second kappa shape index (κ2) is 7.66. The molecule has 2 aliphatic heterocycles. The number of nitrogens with zero attached hydrogens (tertiary/aromatic N) is 2. The molecule has 1 amide bonds. The minimum absolute atomic E-state index is 0.0279. The van der Waals surface area contributed by atoms with Crippen LogP contribution in [0.25, 0.3) is 0 Å². The van der Waals surface area contributed by atoms with Gasteiger partial charge in [0.25, 0.3) is 5.91 Å². The minimum atomic E-state index is -3.61. The molecule has 2 aromatic heterocycles. The molecule has 1 atom stereocenters. The zero-order valence-electron chi connectivity index (χ0n) is 15.4. The van der Waals surface area contributed by atoms with Crippen LogP contribution in [-0.2, 0) is 16.4 Å². The van der Waals surface area contributed by atoms with E-state index in [2.05, 4.69) is 18.4 Å². The summed E-state index contributed by atoms with van der Waals surface area (Å²) in [5.41, 5.74) is 1.22. The highest BCUT2D eigenvalue weighted by atomic mass is 32.2. The third-order valence-corrected chi connectivity index (χ3v) is 9.47. The maximum Gasteiger partial charge on any atom is 0.265 e. The average Bonchev–Trinajstić information content (AvgIpc) is 3.36. The highest BCUT2D eigenvalue weighted by Crippen LogP contribution is 2.37. The number of carbonyl (C=O) groups excluding carboxylic acids is 1. The highest BCUT2D eigenvalue weighted by Gasteiger charge is 2.36. The fourth-order valence-corrected chi connectivity index (χ4v) is 7.91. The number of rotatable bonds is 4. The molecule has 146 valence electrons. The second-order valence-electron chi connectivity index (χ2n) is 7.05. The largest absolute Gasteiger partial charge is 0.330 e. The van der Waals surface area contributed by atoms with Crippen LogP contribution in [0.5, 0.6) is 0 Å². The number of fused-ring (bicyclic) bond motifs is 1. The van der Waals surface area contributed by atoms with E-state index in [0.29, 0.717) is 24.5 Å². The van der Waals surface area contributed by atoms with Crippen LogP contribution in [0.1, 0.15) is 58.8 Å². The third-order valence-electron chi connectivity index (χ3n) is 5.50. The molecule has 2 aliphatic rings. The molecule has 0 bridgehead atoms. The lowest BCUT2D eigenvalue weighted by atomic mass is 9.97. The van der Waals surface area contributed by atoms with Crippen molar-refractivity contribution >= 4 is 38.6 Å². The molecule has 0 saturated carbocycles. The van der Waals surface area contributed by atoms with Crippen molar-refractivity contribution in [2.45, 2.75) is 50.0 Å². The van der Waals surface area contributed by atoms with Gasteiger partial charge in [0.1, 0.15) is 9.77 Å². The van der Waals surface area contributed by atoms with Crippen molar-refractivity contribution in [1.82, 2.24) is 9.21 Å². The fraction of sp³-hybridized carbons (Fsp3) is 0.526. The van der Waals surface area contributed by atoms with E-state index in [9.17, 15) is 13.2 Å². The summed E-state index contributed by atoms with van der Waals surface area (Å²) in [5.74, 6) is -0.149. The van der Waals surface area contributed by atoms with Crippen molar-refractivity contribution in [2.24, 2.45) is 0 Å². The van der Waals surface area contributed by atoms with Crippen LogP contribution < -0.4 is 0 Å². The standard InChI is InChI=1S/C19H24N2O3S3/c1-2-15-14-7-12-25-16(14)6-11-21(15)19(22)18-17(8-13-26-18)27(23,24)20-9-4-3-5-10-20/h7-8,12-13,15H,2-6,9-11H2,1H3. The van der Waals surface area contributed by atoms with Gasteiger partial charge in [0.15, 0.2) is 0 Å². The van der Waals surface area contributed by atoms with E-state index in [-0.39, 0.29) is 16.8 Å². The molecule has 4 heterocycles. The molecule has 27 heavy (non-hydrogen) atoms. The summed E-state index contributed by atoms with van der Waals surface area (Å²) in [6, 6.07) is 3.73. The quantitative estimate of drug-likeness (QED) is 0.741. The van der Waals surface area contributed by atoms with Crippen molar-refractivity contribution in [3.8, 4) is 0 Å². The zero-order valence-corrected chi connectivity index (χ0v) is 17.8. The van der Waals surface area contributed by atoms with Crippen molar-refractivity contribution in [3.05, 3.63) is 38.2 Å². The Morgan fingerprint density at radius 1 is 1.11 bits per heavy atom. The molecular formula is C19H24N2O3S3. The van der Waals surface area contributed by atoms with Gasteiger partial charge in [-0.25, -0.2) is 8.42 Å². The predicted molar refractivity (Wildman–Crippen MR) is 109 cm³/mol. The number of hydrogen-bond donors (Lipinski definition) is 0. The van der Waals surface area contributed by atoms with Gasteiger partial charge in [0.2, 0.25) is 10.0 Å². The molecule has 5 nitrogen and oxygen atoms in total. The molecule has 0 aliphatic carbocycles. The van der Waals surface area contributed by atoms with E-state index in [4.69, 9.17) is 0 Å². The van der Waals surface area contributed by atoms with Crippen LogP contribution in [0, 0.1) is 0 Å². The van der Waals surface area contributed by atoms with Gasteiger partial charge in [0, 0.05) is 24.5 Å². The smallest absolute Gasteiger partial charge is 0.265 e. The Kier molecular flexibility index (Phi) is 5.42. The van der Waals surface area contributed by atoms with E-state index < -0.39 is 10.0 Å². The van der Waals surface area contributed by atoms with Gasteiger partial charge in [-0.15, -0.1) is 22.7 Å². The Labute approximate surface area is 168 Å². The molecule has 0 aromatic carbocycles. The molecular weight excluding hydrogens is 400 g/mol. The van der Waals surface area contributed by atoms with Crippen LogP contribution in [0.2, 0.25) is 0 Å². The van der Waals surface area contributed by atoms with Crippen molar-refractivity contribution in [1.29, 1.82) is 0 Å². The fourth-order valence-electron chi connectivity index (χ4n) is 4.11. The summed E-state index contributed by atoms with van der Waals surface area (Å²) < 4.78 is 27.8. The van der Waals surface area contributed by atoms with Gasteiger partial charge in [-0.1, -0.05) is 13.3 Å². The van der Waals surface area contributed by atoms with Crippen LogP contribution in [0.15, 0.2) is 27.8 Å². The van der Waals surface area contributed by atoms with Crippen LogP contribution in [-0.4, -0.2) is 43.2 Å². The summed E-state index contributed by atoms with van der Waals surface area (Å²) in [6.45, 7) is 3.82. The summed E-state index contributed by atoms with van der Waals surface area (Å²) in [4.78, 5) is 17.1. The number of amides is 1. The van der Waals surface area contributed by atoms with Gasteiger partial charge in [-0.3, -0.25) is 4.79 Å². The van der Waals surface area contributed by atoms with E-state index in [1.807, 2.05) is 4.90 Å². The van der Waals surface area contributed by atoms with E-state index in [1.165, 1.54) is 21.8 Å². The number of hydrogen-bond acceptors (Lipinski definition) is 5. The molecule has 1 fully saturated rings. The first-order valence-electron chi connectivity index (χ1n) is 9.49. The topological polar surface area (TPSA) is 57.7 Å². The SMILES string of the molecule is CCC1c2ccsc2CCN1C(=O)c1sccc1S(=O)(=O)N1CCCCC1. The third kappa shape index (κ3) is 3.37. The maximum atomic E-state index is 13.4. The molecule has 0 N–H and O–H groups in total. The van der Waals surface area contributed by atoms with Crippen molar-refractivity contribution < 1.29 is 13.2 Å². The zero-order chi connectivity index (χ0) is 19.0. The maximum absolute atomic E-state index is 13.4. The lowest BCUT2D eigenvalue weighted by molar-refractivity contribution is 0.0658. The Bertz CT molecular complexity index is 926. The molecule has 0 radical (unpaired) electrons. The van der Waals surface area contributed by atoms with Crippen molar-refractivity contribution in [2.75, 3.05) is 19.6 Å². The average molecular weight is 425 g/mol. The second-order valence-corrected chi connectivity index (χ2v) is 10.9. The number of sulfonamides is 1. The Morgan fingerprint density at radius 2 is 1.85 bits per heavy atom. The Balaban J connectivity index is 1.65. The van der Waals surface area contributed by atoms with Crippen LogP contribution in [0.3, 0.4) is 0 Å². The normalized spacial score (nSPS) is 21.2. The minimum Gasteiger partial charge on any atom is -0.330 e. The van der Waals surface area contributed by atoms with Gasteiger partial charge in [-0.2, -0.15) is 4.31 Å². The van der Waals surface area contributed by atoms with Crippen molar-refractivity contribution in [3.63, 3.8) is 0 Å². The lowest BCUT2D eigenvalue weighted by Crippen LogP contribution is -2.40. The van der Waals surface area contributed by atoms with Crippen LogP contribution >= 0.6 is 22.7 Å². The van der Waals surface area contributed by atoms with E-state index in [0.717, 1.165) is 32.1 Å². The predicted octanol–water partition coefficient (Wildman–Crippen LogP) is 4.13. The summed E-state index contributed by atoms with van der Waals surface area (Å²) in [6.07, 6.45) is 4.51. The molecule has 4 rings (SSSR count). The van der Waals surface area contributed by atoms with E-state index in [1.54, 1.807) is 27.1 Å². The molecule has 1 saturated heterocycles.